The Balaban J connectivity index is 1.97. The molecule has 0 bridgehead atoms. The highest BCUT2D eigenvalue weighted by atomic mass is 32.2. The molecule has 0 aliphatic heterocycles. The second-order valence-electron chi connectivity index (χ2n) is 5.09. The third-order valence-corrected chi connectivity index (χ3v) is 5.35. The van der Waals surface area contributed by atoms with Gasteiger partial charge in [0, 0.05) is 6.20 Å². The number of hydrogen-bond donors (Lipinski definition) is 2. The van der Waals surface area contributed by atoms with Gasteiger partial charge in [-0.25, -0.2) is 28.2 Å². The molecule has 9 heteroatoms. The highest BCUT2D eigenvalue weighted by Crippen LogP contribution is 2.34. The molecule has 25 heavy (non-hydrogen) atoms. The van der Waals surface area contributed by atoms with Gasteiger partial charge in [-0.3, -0.25) is 0 Å². The van der Waals surface area contributed by atoms with Gasteiger partial charge in [0.15, 0.2) is 5.13 Å². The number of carbonyl (C=O) groups is 1. The number of sulfonamides is 1. The molecular weight excluding hydrogens is 360 g/mol. The Morgan fingerprint density at radius 2 is 1.68 bits per heavy atom. The van der Waals surface area contributed by atoms with E-state index in [4.69, 9.17) is 10.9 Å². The van der Waals surface area contributed by atoms with E-state index in [0.717, 1.165) is 10.4 Å². The van der Waals surface area contributed by atoms with Crippen LogP contribution < -0.4 is 15.8 Å². The van der Waals surface area contributed by atoms with E-state index in [1.165, 1.54) is 40.5 Å². The van der Waals surface area contributed by atoms with Gasteiger partial charge in [-0.1, -0.05) is 41.7 Å². The van der Waals surface area contributed by atoms with Crippen molar-refractivity contribution in [2.24, 2.45) is 10.9 Å². The molecule has 0 aliphatic carbocycles. The van der Waals surface area contributed by atoms with E-state index in [1.54, 1.807) is 6.20 Å². The molecule has 2 aromatic carbocycles. The molecule has 1 heterocycles. The first-order chi connectivity index (χ1) is 11.9. The number of amides is 2. The molecule has 7 nitrogen and oxygen atoms in total. The van der Waals surface area contributed by atoms with E-state index < -0.39 is 16.1 Å². The van der Waals surface area contributed by atoms with Crippen molar-refractivity contribution >= 4 is 38.2 Å². The standard InChI is InChI=1S/C16H14N4O3S2/c17-15(21)20(12-6-8-13(9-7-12)25(18,22)23)16-19-10-14(24-16)11-4-2-1-3-5-11/h1-10H,(H2,17,21)(H2,18,22,23). The van der Waals surface area contributed by atoms with E-state index in [1.807, 2.05) is 30.3 Å². The first kappa shape index (κ1) is 17.1. The zero-order chi connectivity index (χ0) is 18.0. The second-order valence-corrected chi connectivity index (χ2v) is 7.66. The number of rotatable bonds is 4. The average Bonchev–Trinajstić information content (AvgIpc) is 3.05. The summed E-state index contributed by atoms with van der Waals surface area (Å²) in [5.41, 5.74) is 6.85. The predicted octanol–water partition coefficient (Wildman–Crippen LogP) is 2.67. The summed E-state index contributed by atoms with van der Waals surface area (Å²) in [7, 11) is -3.81. The summed E-state index contributed by atoms with van der Waals surface area (Å²) >= 11 is 1.30. The number of nitrogens with two attached hydrogens (primary N) is 2. The molecule has 4 N–H and O–H groups in total. The van der Waals surface area contributed by atoms with Crippen molar-refractivity contribution in [2.75, 3.05) is 4.90 Å². The summed E-state index contributed by atoms with van der Waals surface area (Å²) in [6.45, 7) is 0. The normalized spacial score (nSPS) is 11.2. The molecule has 0 fully saturated rings. The summed E-state index contributed by atoms with van der Waals surface area (Å²) in [5.74, 6) is 0. The third kappa shape index (κ3) is 3.68. The SMILES string of the molecule is NC(=O)N(c1ccc(S(N)(=O)=O)cc1)c1ncc(-c2ccccc2)s1. The second kappa shape index (κ2) is 6.63. The fourth-order valence-corrected chi connectivity index (χ4v) is 3.68. The number of primary amides is 1. The maximum absolute atomic E-state index is 11.9. The van der Waals surface area contributed by atoms with Crippen LogP contribution in [0.1, 0.15) is 0 Å². The van der Waals surface area contributed by atoms with E-state index >= 15 is 0 Å². The quantitative estimate of drug-likeness (QED) is 0.729. The molecule has 0 atom stereocenters. The molecule has 1 aromatic heterocycles. The van der Waals surface area contributed by atoms with Crippen molar-refractivity contribution in [3.05, 3.63) is 60.8 Å². The Morgan fingerprint density at radius 1 is 1.04 bits per heavy atom. The van der Waals surface area contributed by atoms with Crippen LogP contribution in [0.2, 0.25) is 0 Å². The van der Waals surface area contributed by atoms with Crippen molar-refractivity contribution in [1.82, 2.24) is 4.98 Å². The minimum absolute atomic E-state index is 0.0511. The van der Waals surface area contributed by atoms with Crippen molar-refractivity contribution in [3.8, 4) is 10.4 Å². The maximum atomic E-state index is 11.9. The Bertz CT molecular complexity index is 999. The Labute approximate surface area is 148 Å². The van der Waals surface area contributed by atoms with Gasteiger partial charge in [0.25, 0.3) is 0 Å². The molecular formula is C16H14N4O3S2. The van der Waals surface area contributed by atoms with Gasteiger partial charge in [0.05, 0.1) is 15.5 Å². The lowest BCUT2D eigenvalue weighted by Gasteiger charge is -2.17. The summed E-state index contributed by atoms with van der Waals surface area (Å²) in [6.07, 6.45) is 1.66. The fourth-order valence-electron chi connectivity index (χ4n) is 2.22. The molecule has 3 rings (SSSR count). The van der Waals surface area contributed by atoms with Gasteiger partial charge < -0.3 is 5.73 Å². The number of carbonyl (C=O) groups excluding carboxylic acids is 1. The molecule has 0 saturated carbocycles. The van der Waals surface area contributed by atoms with Crippen LogP contribution >= 0.6 is 11.3 Å². The molecule has 128 valence electrons. The van der Waals surface area contributed by atoms with Crippen LogP contribution in [0, 0.1) is 0 Å². The third-order valence-electron chi connectivity index (χ3n) is 3.39. The Morgan fingerprint density at radius 3 is 2.24 bits per heavy atom. The highest BCUT2D eigenvalue weighted by molar-refractivity contribution is 7.89. The van der Waals surface area contributed by atoms with Crippen LogP contribution in [-0.2, 0) is 10.0 Å². The first-order valence-electron chi connectivity index (χ1n) is 7.10. The number of primary sulfonamides is 1. The van der Waals surface area contributed by atoms with Crippen molar-refractivity contribution in [3.63, 3.8) is 0 Å². The fraction of sp³-hybridized carbons (Fsp3) is 0. The Kier molecular flexibility index (Phi) is 4.53. The van der Waals surface area contributed by atoms with E-state index in [-0.39, 0.29) is 4.90 Å². The molecule has 2 amide bonds. The van der Waals surface area contributed by atoms with Crippen LogP contribution in [0.25, 0.3) is 10.4 Å². The van der Waals surface area contributed by atoms with Crippen LogP contribution in [0.4, 0.5) is 15.6 Å². The van der Waals surface area contributed by atoms with Gasteiger partial charge in [-0.2, -0.15) is 0 Å². The largest absolute Gasteiger partial charge is 0.351 e. The first-order valence-corrected chi connectivity index (χ1v) is 9.46. The number of hydrogen-bond acceptors (Lipinski definition) is 5. The molecule has 3 aromatic rings. The summed E-state index contributed by atoms with van der Waals surface area (Å²) < 4.78 is 22.7. The molecule has 0 aliphatic rings. The predicted molar refractivity (Wildman–Crippen MR) is 97.1 cm³/mol. The number of nitrogens with zero attached hydrogens (tertiary/aromatic N) is 2. The molecule has 0 saturated heterocycles. The van der Waals surface area contributed by atoms with Crippen molar-refractivity contribution in [1.29, 1.82) is 0 Å². The monoisotopic (exact) mass is 374 g/mol. The Hall–Kier alpha value is -2.75. The van der Waals surface area contributed by atoms with Gasteiger partial charge in [0.2, 0.25) is 10.0 Å². The van der Waals surface area contributed by atoms with Gasteiger partial charge in [-0.15, -0.1) is 0 Å². The lowest BCUT2D eigenvalue weighted by Crippen LogP contribution is -2.31. The van der Waals surface area contributed by atoms with Gasteiger partial charge >= 0.3 is 6.03 Å². The molecule has 0 spiro atoms. The highest BCUT2D eigenvalue weighted by Gasteiger charge is 2.20. The number of benzene rings is 2. The summed E-state index contributed by atoms with van der Waals surface area (Å²) in [6, 6.07) is 14.4. The minimum Gasteiger partial charge on any atom is -0.351 e. The van der Waals surface area contributed by atoms with Crippen LogP contribution in [-0.4, -0.2) is 19.4 Å². The van der Waals surface area contributed by atoms with E-state index in [0.29, 0.717) is 10.8 Å². The number of aromatic nitrogens is 1. The zero-order valence-electron chi connectivity index (χ0n) is 12.9. The zero-order valence-corrected chi connectivity index (χ0v) is 14.5. The van der Waals surface area contributed by atoms with E-state index in [2.05, 4.69) is 4.98 Å². The number of urea groups is 1. The van der Waals surface area contributed by atoms with Crippen LogP contribution in [0.15, 0.2) is 65.7 Å². The lowest BCUT2D eigenvalue weighted by molar-refractivity contribution is 0.256. The number of thiazole rings is 1. The molecule has 0 unspecified atom stereocenters. The summed E-state index contributed by atoms with van der Waals surface area (Å²) in [5, 5.41) is 5.46. The topological polar surface area (TPSA) is 119 Å². The summed E-state index contributed by atoms with van der Waals surface area (Å²) in [4.78, 5) is 18.2. The molecule has 0 radical (unpaired) electrons. The van der Waals surface area contributed by atoms with Crippen LogP contribution in [0.5, 0.6) is 0 Å². The number of anilines is 2. The average molecular weight is 374 g/mol. The minimum atomic E-state index is -3.81. The van der Waals surface area contributed by atoms with E-state index in [9.17, 15) is 13.2 Å². The maximum Gasteiger partial charge on any atom is 0.325 e. The van der Waals surface area contributed by atoms with Gasteiger partial charge in [-0.05, 0) is 29.8 Å². The van der Waals surface area contributed by atoms with Crippen LogP contribution in [0.3, 0.4) is 0 Å². The van der Waals surface area contributed by atoms with Gasteiger partial charge in [0.1, 0.15) is 0 Å². The lowest BCUT2D eigenvalue weighted by atomic mass is 10.2. The van der Waals surface area contributed by atoms with Crippen molar-refractivity contribution in [2.45, 2.75) is 4.90 Å². The van der Waals surface area contributed by atoms with Crippen molar-refractivity contribution < 1.29 is 13.2 Å². The smallest absolute Gasteiger partial charge is 0.325 e.